The van der Waals surface area contributed by atoms with Gasteiger partial charge in [-0.2, -0.15) is 0 Å². The van der Waals surface area contributed by atoms with Crippen LogP contribution in [0.1, 0.15) is 18.0 Å². The molecule has 0 saturated heterocycles. The Labute approximate surface area is 85.8 Å². The molecule has 0 bridgehead atoms. The SMILES string of the molecule is NCC[C@H](N)c1c(F)cc(Cl)cc1F. The summed E-state index contributed by atoms with van der Waals surface area (Å²) in [4.78, 5) is 0. The Bertz CT molecular complexity index is 308. The second kappa shape index (κ2) is 4.68. The van der Waals surface area contributed by atoms with Crippen molar-refractivity contribution in [2.75, 3.05) is 6.54 Å². The summed E-state index contributed by atoms with van der Waals surface area (Å²) in [5, 5.41) is 0.0173. The summed E-state index contributed by atoms with van der Waals surface area (Å²) >= 11 is 5.46. The van der Waals surface area contributed by atoms with E-state index in [1.807, 2.05) is 0 Å². The van der Waals surface area contributed by atoms with Crippen LogP contribution in [0, 0.1) is 11.6 Å². The number of hydrogen-bond acceptors (Lipinski definition) is 2. The number of benzene rings is 1. The number of nitrogens with two attached hydrogens (primary N) is 2. The summed E-state index contributed by atoms with van der Waals surface area (Å²) < 4.78 is 26.5. The van der Waals surface area contributed by atoms with Crippen molar-refractivity contribution in [1.29, 1.82) is 0 Å². The Hall–Kier alpha value is -0.710. The second-order valence-electron chi connectivity index (χ2n) is 2.97. The summed E-state index contributed by atoms with van der Waals surface area (Å²) in [6, 6.07) is 1.35. The third-order valence-electron chi connectivity index (χ3n) is 1.89. The molecule has 4 N–H and O–H groups in total. The molecule has 0 aliphatic carbocycles. The van der Waals surface area contributed by atoms with Crippen molar-refractivity contribution >= 4 is 11.6 Å². The van der Waals surface area contributed by atoms with Crippen LogP contribution in [-0.2, 0) is 0 Å². The maximum Gasteiger partial charge on any atom is 0.132 e. The Morgan fingerprint density at radius 2 is 1.79 bits per heavy atom. The first-order valence-electron chi connectivity index (χ1n) is 4.16. The highest BCUT2D eigenvalue weighted by Crippen LogP contribution is 2.24. The van der Waals surface area contributed by atoms with Gasteiger partial charge in [0.05, 0.1) is 0 Å². The molecule has 1 rings (SSSR count). The first-order valence-corrected chi connectivity index (χ1v) is 4.54. The maximum atomic E-state index is 13.2. The molecular formula is C9H11ClF2N2. The standard InChI is InChI=1S/C9H11ClF2N2/c10-5-3-6(11)9(7(12)4-5)8(14)1-2-13/h3-4,8H,1-2,13-14H2/t8-/m0/s1. The van der Waals surface area contributed by atoms with Crippen LogP contribution < -0.4 is 11.5 Å². The highest BCUT2D eigenvalue weighted by molar-refractivity contribution is 6.30. The van der Waals surface area contributed by atoms with Crippen LogP contribution in [0.4, 0.5) is 8.78 Å². The Morgan fingerprint density at radius 1 is 1.29 bits per heavy atom. The van der Waals surface area contributed by atoms with Crippen LogP contribution >= 0.6 is 11.6 Å². The van der Waals surface area contributed by atoms with E-state index in [2.05, 4.69) is 0 Å². The van der Waals surface area contributed by atoms with Gasteiger partial charge < -0.3 is 11.5 Å². The van der Waals surface area contributed by atoms with Crippen LogP contribution in [0.3, 0.4) is 0 Å². The zero-order valence-electron chi connectivity index (χ0n) is 7.43. The normalized spacial score (nSPS) is 12.9. The molecule has 14 heavy (non-hydrogen) atoms. The summed E-state index contributed by atoms with van der Waals surface area (Å²) in [7, 11) is 0. The third-order valence-corrected chi connectivity index (χ3v) is 2.11. The minimum absolute atomic E-state index is 0.0173. The molecule has 1 aromatic carbocycles. The molecule has 0 fully saturated rings. The molecule has 0 aliphatic rings. The Kier molecular flexibility index (Phi) is 3.80. The van der Waals surface area contributed by atoms with Crippen molar-refractivity contribution in [2.45, 2.75) is 12.5 Å². The summed E-state index contributed by atoms with van der Waals surface area (Å²) in [6.45, 7) is 0.280. The summed E-state index contributed by atoms with van der Waals surface area (Å²) in [6.07, 6.45) is 0.329. The quantitative estimate of drug-likeness (QED) is 0.818. The van der Waals surface area contributed by atoms with E-state index in [4.69, 9.17) is 23.1 Å². The molecule has 0 aliphatic heterocycles. The van der Waals surface area contributed by atoms with Crippen molar-refractivity contribution in [3.05, 3.63) is 34.4 Å². The van der Waals surface area contributed by atoms with E-state index in [0.717, 1.165) is 12.1 Å². The van der Waals surface area contributed by atoms with Gasteiger partial charge in [0.15, 0.2) is 0 Å². The van der Waals surface area contributed by atoms with Crippen molar-refractivity contribution in [2.24, 2.45) is 11.5 Å². The van der Waals surface area contributed by atoms with Gasteiger partial charge in [-0.15, -0.1) is 0 Å². The largest absolute Gasteiger partial charge is 0.330 e. The predicted molar refractivity (Wildman–Crippen MR) is 52.0 cm³/mol. The van der Waals surface area contributed by atoms with E-state index in [0.29, 0.717) is 6.42 Å². The highest BCUT2D eigenvalue weighted by Gasteiger charge is 2.16. The highest BCUT2D eigenvalue weighted by atomic mass is 35.5. The molecular weight excluding hydrogens is 210 g/mol. The predicted octanol–water partition coefficient (Wildman–Crippen LogP) is 1.97. The molecule has 0 radical (unpaired) electrons. The number of halogens is 3. The van der Waals surface area contributed by atoms with Gasteiger partial charge in [-0.1, -0.05) is 11.6 Å². The molecule has 0 unspecified atom stereocenters. The zero-order chi connectivity index (χ0) is 10.7. The minimum Gasteiger partial charge on any atom is -0.330 e. The fraction of sp³-hybridized carbons (Fsp3) is 0.333. The van der Waals surface area contributed by atoms with Gasteiger partial charge >= 0.3 is 0 Å². The molecule has 0 amide bonds. The lowest BCUT2D eigenvalue weighted by Crippen LogP contribution is -2.18. The lowest BCUT2D eigenvalue weighted by molar-refractivity contribution is 0.515. The van der Waals surface area contributed by atoms with Crippen molar-refractivity contribution in [3.8, 4) is 0 Å². The number of rotatable bonds is 3. The Morgan fingerprint density at radius 3 is 2.21 bits per heavy atom. The average Bonchev–Trinajstić information content (AvgIpc) is 2.01. The monoisotopic (exact) mass is 220 g/mol. The van der Waals surface area contributed by atoms with E-state index >= 15 is 0 Å². The van der Waals surface area contributed by atoms with E-state index in [1.54, 1.807) is 0 Å². The van der Waals surface area contributed by atoms with Crippen molar-refractivity contribution in [3.63, 3.8) is 0 Å². The summed E-state index contributed by atoms with van der Waals surface area (Å²) in [5.74, 6) is -1.45. The van der Waals surface area contributed by atoms with Gasteiger partial charge in [0, 0.05) is 16.6 Å². The average molecular weight is 221 g/mol. The van der Waals surface area contributed by atoms with Gasteiger partial charge in [-0.05, 0) is 25.1 Å². The van der Waals surface area contributed by atoms with Gasteiger partial charge in [-0.3, -0.25) is 0 Å². The van der Waals surface area contributed by atoms with Gasteiger partial charge in [0.1, 0.15) is 11.6 Å². The molecule has 2 nitrogen and oxygen atoms in total. The maximum absolute atomic E-state index is 13.2. The molecule has 0 spiro atoms. The van der Waals surface area contributed by atoms with E-state index in [1.165, 1.54) is 0 Å². The van der Waals surface area contributed by atoms with Gasteiger partial charge in [0.2, 0.25) is 0 Å². The third kappa shape index (κ3) is 2.41. The molecule has 1 atom stereocenters. The van der Waals surface area contributed by atoms with Crippen LogP contribution in [0.15, 0.2) is 12.1 Å². The van der Waals surface area contributed by atoms with Gasteiger partial charge in [-0.25, -0.2) is 8.78 Å². The molecule has 0 saturated carbocycles. The molecule has 0 heterocycles. The molecule has 78 valence electrons. The number of hydrogen-bond donors (Lipinski definition) is 2. The Balaban J connectivity index is 3.07. The van der Waals surface area contributed by atoms with E-state index < -0.39 is 17.7 Å². The van der Waals surface area contributed by atoms with E-state index in [-0.39, 0.29) is 17.1 Å². The first-order chi connectivity index (χ1) is 6.56. The lowest BCUT2D eigenvalue weighted by Gasteiger charge is -2.12. The minimum atomic E-state index is -0.726. The summed E-state index contributed by atoms with van der Waals surface area (Å²) in [5.41, 5.74) is 10.6. The van der Waals surface area contributed by atoms with Crippen molar-refractivity contribution < 1.29 is 8.78 Å². The topological polar surface area (TPSA) is 52.0 Å². The van der Waals surface area contributed by atoms with E-state index in [9.17, 15) is 8.78 Å². The molecule has 5 heteroatoms. The molecule has 1 aromatic rings. The van der Waals surface area contributed by atoms with Crippen LogP contribution in [0.2, 0.25) is 5.02 Å². The van der Waals surface area contributed by atoms with Crippen LogP contribution in [0.5, 0.6) is 0 Å². The fourth-order valence-corrected chi connectivity index (χ4v) is 1.42. The lowest BCUT2D eigenvalue weighted by atomic mass is 10.0. The van der Waals surface area contributed by atoms with Crippen LogP contribution in [-0.4, -0.2) is 6.54 Å². The first kappa shape index (κ1) is 11.4. The smallest absolute Gasteiger partial charge is 0.132 e. The molecule has 0 aromatic heterocycles. The fourth-order valence-electron chi connectivity index (χ4n) is 1.23. The second-order valence-corrected chi connectivity index (χ2v) is 3.40. The van der Waals surface area contributed by atoms with Crippen LogP contribution in [0.25, 0.3) is 0 Å². The van der Waals surface area contributed by atoms with Gasteiger partial charge in [0.25, 0.3) is 0 Å². The zero-order valence-corrected chi connectivity index (χ0v) is 8.19. The van der Waals surface area contributed by atoms with Crippen molar-refractivity contribution in [1.82, 2.24) is 0 Å².